The summed E-state index contributed by atoms with van der Waals surface area (Å²) >= 11 is 0. The monoisotopic (exact) mass is 293 g/mol. The molecule has 0 heterocycles. The summed E-state index contributed by atoms with van der Waals surface area (Å²) in [6, 6.07) is 6.42. The van der Waals surface area contributed by atoms with Crippen LogP contribution in [0.25, 0.3) is 0 Å². The molecule has 21 heavy (non-hydrogen) atoms. The van der Waals surface area contributed by atoms with Crippen molar-refractivity contribution in [3.63, 3.8) is 0 Å². The molecule has 0 saturated heterocycles. The highest BCUT2D eigenvalue weighted by Gasteiger charge is 2.18. The molecule has 3 heteroatoms. The number of nitrogens with one attached hydrogen (secondary N) is 1. The quantitative estimate of drug-likeness (QED) is 0.669. The molecule has 1 aromatic carbocycles. The lowest BCUT2D eigenvalue weighted by atomic mass is 9.83. The summed E-state index contributed by atoms with van der Waals surface area (Å²) < 4.78 is 10.5. The van der Waals surface area contributed by atoms with Gasteiger partial charge in [-0.3, -0.25) is 0 Å². The van der Waals surface area contributed by atoms with Crippen molar-refractivity contribution in [2.24, 2.45) is 5.41 Å². The van der Waals surface area contributed by atoms with Crippen LogP contribution in [0.1, 0.15) is 37.8 Å². The zero-order chi connectivity index (χ0) is 15.7. The second-order valence-corrected chi connectivity index (χ2v) is 6.47. The summed E-state index contributed by atoms with van der Waals surface area (Å²) in [7, 11) is 3.49. The van der Waals surface area contributed by atoms with Gasteiger partial charge in [0.15, 0.2) is 0 Å². The first-order valence-electron chi connectivity index (χ1n) is 7.82. The van der Waals surface area contributed by atoms with Crippen molar-refractivity contribution in [1.29, 1.82) is 0 Å². The van der Waals surface area contributed by atoms with Gasteiger partial charge in [-0.05, 0) is 49.8 Å². The number of rotatable bonds is 10. The first-order valence-corrected chi connectivity index (χ1v) is 7.82. The smallest absolute Gasteiger partial charge is 0.122 e. The molecule has 0 saturated carbocycles. The van der Waals surface area contributed by atoms with Gasteiger partial charge in [0, 0.05) is 13.7 Å². The molecular weight excluding hydrogens is 262 g/mol. The third kappa shape index (κ3) is 6.96. The Morgan fingerprint density at radius 2 is 1.86 bits per heavy atom. The predicted octanol–water partition coefficient (Wildman–Crippen LogP) is 3.59. The van der Waals surface area contributed by atoms with E-state index in [2.05, 4.69) is 44.3 Å². The van der Waals surface area contributed by atoms with Crippen LogP contribution in [0, 0.1) is 12.3 Å². The molecule has 0 amide bonds. The molecule has 120 valence electrons. The van der Waals surface area contributed by atoms with E-state index in [1.54, 1.807) is 14.2 Å². The number of ether oxygens (including phenoxy) is 2. The molecule has 0 atom stereocenters. The third-order valence-electron chi connectivity index (χ3n) is 3.97. The Hall–Kier alpha value is -1.06. The van der Waals surface area contributed by atoms with E-state index in [-0.39, 0.29) is 0 Å². The topological polar surface area (TPSA) is 30.5 Å². The van der Waals surface area contributed by atoms with Gasteiger partial charge in [-0.1, -0.05) is 31.5 Å². The van der Waals surface area contributed by atoms with Gasteiger partial charge in [-0.15, -0.1) is 0 Å². The van der Waals surface area contributed by atoms with Crippen molar-refractivity contribution < 1.29 is 9.47 Å². The Balaban J connectivity index is 2.43. The maximum absolute atomic E-state index is 5.46. The van der Waals surface area contributed by atoms with Gasteiger partial charge >= 0.3 is 0 Å². The number of benzene rings is 1. The maximum atomic E-state index is 5.46. The van der Waals surface area contributed by atoms with Crippen molar-refractivity contribution in [3.8, 4) is 5.75 Å². The molecule has 0 aliphatic rings. The summed E-state index contributed by atoms with van der Waals surface area (Å²) in [5.41, 5.74) is 2.94. The average Bonchev–Trinajstić information content (AvgIpc) is 2.45. The number of aryl methyl sites for hydroxylation is 2. The number of hydrogen-bond acceptors (Lipinski definition) is 3. The largest absolute Gasteiger partial charge is 0.496 e. The van der Waals surface area contributed by atoms with Crippen LogP contribution >= 0.6 is 0 Å². The summed E-state index contributed by atoms with van der Waals surface area (Å²) in [5, 5.41) is 3.42. The minimum absolute atomic E-state index is 0.328. The summed E-state index contributed by atoms with van der Waals surface area (Å²) in [4.78, 5) is 0. The predicted molar refractivity (Wildman–Crippen MR) is 89.2 cm³/mol. The Morgan fingerprint density at radius 3 is 2.52 bits per heavy atom. The van der Waals surface area contributed by atoms with Gasteiger partial charge in [0.1, 0.15) is 5.75 Å². The summed E-state index contributed by atoms with van der Waals surface area (Å²) in [6.45, 7) is 9.56. The summed E-state index contributed by atoms with van der Waals surface area (Å²) in [6.07, 6.45) is 3.40. The molecule has 0 bridgehead atoms. The first-order chi connectivity index (χ1) is 9.98. The van der Waals surface area contributed by atoms with E-state index in [9.17, 15) is 0 Å². The fourth-order valence-corrected chi connectivity index (χ4v) is 2.43. The molecule has 0 unspecified atom stereocenters. The normalized spacial score (nSPS) is 11.7. The highest BCUT2D eigenvalue weighted by molar-refractivity contribution is 5.37. The van der Waals surface area contributed by atoms with E-state index >= 15 is 0 Å². The molecule has 0 radical (unpaired) electrons. The summed E-state index contributed by atoms with van der Waals surface area (Å²) in [5.74, 6) is 1.01. The molecular formula is C18H31NO2. The fraction of sp³-hybridized carbons (Fsp3) is 0.667. The van der Waals surface area contributed by atoms with Crippen LogP contribution in [-0.2, 0) is 11.2 Å². The van der Waals surface area contributed by atoms with Crippen molar-refractivity contribution in [3.05, 3.63) is 29.3 Å². The lowest BCUT2D eigenvalue weighted by molar-refractivity contribution is 0.196. The lowest BCUT2D eigenvalue weighted by Crippen LogP contribution is -2.25. The minimum Gasteiger partial charge on any atom is -0.496 e. The molecule has 1 N–H and O–H groups in total. The van der Waals surface area contributed by atoms with Crippen LogP contribution < -0.4 is 10.1 Å². The van der Waals surface area contributed by atoms with Gasteiger partial charge < -0.3 is 14.8 Å². The maximum Gasteiger partial charge on any atom is 0.122 e. The lowest BCUT2D eigenvalue weighted by Gasteiger charge is -2.25. The van der Waals surface area contributed by atoms with Crippen molar-refractivity contribution in [1.82, 2.24) is 5.32 Å². The number of methoxy groups -OCH3 is 2. The standard InChI is InChI=1S/C18H31NO2/c1-15-6-7-17(21-5)16(14-15)8-9-18(2,3)10-11-19-12-13-20-4/h6-7,14,19H,8-13H2,1-5H3. The van der Waals surface area contributed by atoms with E-state index in [0.717, 1.165) is 31.9 Å². The van der Waals surface area contributed by atoms with Crippen molar-refractivity contribution >= 4 is 0 Å². The van der Waals surface area contributed by atoms with Gasteiger partial charge in [0.05, 0.1) is 13.7 Å². The highest BCUT2D eigenvalue weighted by Crippen LogP contribution is 2.29. The van der Waals surface area contributed by atoms with Crippen LogP contribution in [0.2, 0.25) is 0 Å². The third-order valence-corrected chi connectivity index (χ3v) is 3.97. The number of hydrogen-bond donors (Lipinski definition) is 1. The van der Waals surface area contributed by atoms with E-state index in [4.69, 9.17) is 9.47 Å². The van der Waals surface area contributed by atoms with Gasteiger partial charge in [0.25, 0.3) is 0 Å². The zero-order valence-electron chi connectivity index (χ0n) is 14.3. The molecule has 1 aromatic rings. The molecule has 0 aliphatic heterocycles. The van der Waals surface area contributed by atoms with Crippen LogP contribution in [-0.4, -0.2) is 33.9 Å². The first kappa shape index (κ1) is 18.0. The van der Waals surface area contributed by atoms with Crippen LogP contribution in [0.5, 0.6) is 5.75 Å². The van der Waals surface area contributed by atoms with Crippen LogP contribution in [0.3, 0.4) is 0 Å². The average molecular weight is 293 g/mol. The van der Waals surface area contributed by atoms with Crippen molar-refractivity contribution in [2.45, 2.75) is 40.0 Å². The zero-order valence-corrected chi connectivity index (χ0v) is 14.3. The molecule has 1 rings (SSSR count). The second kappa shape index (κ2) is 9.06. The SMILES string of the molecule is COCCNCCC(C)(C)CCc1cc(C)ccc1OC. The Bertz CT molecular complexity index is 416. The van der Waals surface area contributed by atoms with Gasteiger partial charge in [-0.25, -0.2) is 0 Å². The Kier molecular flexibility index (Phi) is 7.76. The fourth-order valence-electron chi connectivity index (χ4n) is 2.43. The van der Waals surface area contributed by atoms with Crippen LogP contribution in [0.4, 0.5) is 0 Å². The second-order valence-electron chi connectivity index (χ2n) is 6.47. The highest BCUT2D eigenvalue weighted by atomic mass is 16.5. The minimum atomic E-state index is 0.328. The molecule has 0 fully saturated rings. The van der Waals surface area contributed by atoms with E-state index in [1.807, 2.05) is 0 Å². The van der Waals surface area contributed by atoms with Crippen molar-refractivity contribution in [2.75, 3.05) is 33.9 Å². The molecule has 0 aliphatic carbocycles. The van der Waals surface area contributed by atoms with E-state index in [1.165, 1.54) is 24.0 Å². The van der Waals surface area contributed by atoms with E-state index < -0.39 is 0 Å². The Labute approximate surface area is 130 Å². The van der Waals surface area contributed by atoms with Gasteiger partial charge in [-0.2, -0.15) is 0 Å². The Morgan fingerprint density at radius 1 is 1.10 bits per heavy atom. The molecule has 0 aromatic heterocycles. The molecule has 3 nitrogen and oxygen atoms in total. The van der Waals surface area contributed by atoms with Gasteiger partial charge in [0.2, 0.25) is 0 Å². The molecule has 0 spiro atoms. The van der Waals surface area contributed by atoms with E-state index in [0.29, 0.717) is 5.41 Å². The van der Waals surface area contributed by atoms with Crippen LogP contribution in [0.15, 0.2) is 18.2 Å².